The van der Waals surface area contributed by atoms with Gasteiger partial charge in [0.1, 0.15) is 0 Å². The number of rotatable bonds is 1. The molecule has 0 aromatic rings. The second-order valence-corrected chi connectivity index (χ2v) is 4.62. The number of hydrogen-bond acceptors (Lipinski definition) is 2. The largest absolute Gasteiger partial charge is 0.465 e. The molecular formula is C9H18N2O2. The zero-order valence-electron chi connectivity index (χ0n) is 8.74. The van der Waals surface area contributed by atoms with E-state index in [4.69, 9.17) is 5.11 Å². The molecule has 0 unspecified atom stereocenters. The second kappa shape index (κ2) is 3.18. The zero-order valence-corrected chi connectivity index (χ0v) is 8.74. The Labute approximate surface area is 79.1 Å². The third-order valence-electron chi connectivity index (χ3n) is 2.66. The lowest BCUT2D eigenvalue weighted by Crippen LogP contribution is -2.64. The van der Waals surface area contributed by atoms with Gasteiger partial charge in [-0.25, -0.2) is 4.79 Å². The van der Waals surface area contributed by atoms with Crippen molar-refractivity contribution in [2.75, 3.05) is 20.1 Å². The van der Waals surface area contributed by atoms with Crippen molar-refractivity contribution in [1.82, 2.24) is 9.80 Å². The predicted molar refractivity (Wildman–Crippen MR) is 50.9 cm³/mol. The first kappa shape index (κ1) is 10.3. The maximum Gasteiger partial charge on any atom is 0.407 e. The summed E-state index contributed by atoms with van der Waals surface area (Å²) in [6.07, 6.45) is -0.835. The van der Waals surface area contributed by atoms with Crippen molar-refractivity contribution >= 4 is 6.09 Å². The summed E-state index contributed by atoms with van der Waals surface area (Å²) < 4.78 is 0. The molecule has 1 rings (SSSR count). The van der Waals surface area contributed by atoms with Gasteiger partial charge in [-0.3, -0.25) is 4.90 Å². The summed E-state index contributed by atoms with van der Waals surface area (Å²) in [6.45, 7) is 8.14. The van der Waals surface area contributed by atoms with E-state index >= 15 is 0 Å². The van der Waals surface area contributed by atoms with Crippen LogP contribution in [0.5, 0.6) is 0 Å². The molecule has 1 aliphatic rings. The molecule has 0 bridgehead atoms. The predicted octanol–water partition coefficient (Wildman–Crippen LogP) is 1.08. The van der Waals surface area contributed by atoms with Gasteiger partial charge in [0.25, 0.3) is 0 Å². The Morgan fingerprint density at radius 1 is 1.46 bits per heavy atom. The normalized spacial score (nSPS) is 19.7. The number of hydrogen-bond donors (Lipinski definition) is 1. The Bertz CT molecular complexity index is 204. The Kier molecular flexibility index (Phi) is 2.52. The van der Waals surface area contributed by atoms with Gasteiger partial charge < -0.3 is 10.0 Å². The van der Waals surface area contributed by atoms with E-state index in [1.54, 1.807) is 7.05 Å². The van der Waals surface area contributed by atoms with Gasteiger partial charge in [0.15, 0.2) is 0 Å². The number of likely N-dealkylation sites (N-methyl/N-ethyl adjacent to an activating group) is 1. The molecule has 0 radical (unpaired) electrons. The maximum atomic E-state index is 10.6. The van der Waals surface area contributed by atoms with Crippen LogP contribution < -0.4 is 0 Å². The lowest BCUT2D eigenvalue weighted by atomic mass is 9.97. The highest BCUT2D eigenvalue weighted by molar-refractivity contribution is 5.65. The van der Waals surface area contributed by atoms with E-state index in [0.29, 0.717) is 0 Å². The van der Waals surface area contributed by atoms with Crippen molar-refractivity contribution < 1.29 is 9.90 Å². The van der Waals surface area contributed by atoms with Crippen LogP contribution >= 0.6 is 0 Å². The first-order chi connectivity index (χ1) is 5.82. The molecule has 0 aromatic carbocycles. The monoisotopic (exact) mass is 186 g/mol. The Morgan fingerprint density at radius 2 is 1.92 bits per heavy atom. The average molecular weight is 186 g/mol. The quantitative estimate of drug-likeness (QED) is 0.666. The Hall–Kier alpha value is -0.770. The Morgan fingerprint density at radius 3 is 2.23 bits per heavy atom. The molecule has 76 valence electrons. The summed E-state index contributed by atoms with van der Waals surface area (Å²) >= 11 is 0. The molecule has 0 aliphatic carbocycles. The van der Waals surface area contributed by atoms with Crippen molar-refractivity contribution in [2.24, 2.45) is 0 Å². The van der Waals surface area contributed by atoms with Crippen molar-refractivity contribution in [3.8, 4) is 0 Å². The minimum absolute atomic E-state index is 0.163. The molecule has 0 aromatic heterocycles. The van der Waals surface area contributed by atoms with E-state index in [2.05, 4.69) is 25.7 Å². The molecule has 1 N–H and O–H groups in total. The lowest BCUT2D eigenvalue weighted by molar-refractivity contribution is -0.00728. The molecular weight excluding hydrogens is 168 g/mol. The number of carboxylic acid groups (broad SMARTS) is 1. The Balaban J connectivity index is 2.38. The molecule has 4 nitrogen and oxygen atoms in total. The molecule has 1 amide bonds. The van der Waals surface area contributed by atoms with Crippen LogP contribution in [-0.4, -0.2) is 52.7 Å². The fourth-order valence-electron chi connectivity index (χ4n) is 1.40. The van der Waals surface area contributed by atoms with Crippen molar-refractivity contribution in [3.05, 3.63) is 0 Å². The van der Waals surface area contributed by atoms with E-state index < -0.39 is 6.09 Å². The van der Waals surface area contributed by atoms with Crippen LogP contribution in [0.15, 0.2) is 0 Å². The summed E-state index contributed by atoms with van der Waals surface area (Å²) in [5.74, 6) is 0. The van der Waals surface area contributed by atoms with Crippen LogP contribution in [0.2, 0.25) is 0 Å². The van der Waals surface area contributed by atoms with Gasteiger partial charge in [-0.05, 0) is 20.8 Å². The van der Waals surface area contributed by atoms with Crippen LogP contribution in [0.4, 0.5) is 4.79 Å². The summed E-state index contributed by atoms with van der Waals surface area (Å²) in [5, 5.41) is 8.71. The first-order valence-corrected chi connectivity index (χ1v) is 4.53. The number of carbonyl (C=O) groups is 1. The maximum absolute atomic E-state index is 10.6. The van der Waals surface area contributed by atoms with Gasteiger partial charge in [-0.1, -0.05) is 0 Å². The minimum atomic E-state index is -0.835. The van der Waals surface area contributed by atoms with Gasteiger partial charge in [-0.2, -0.15) is 0 Å². The van der Waals surface area contributed by atoms with Crippen LogP contribution in [-0.2, 0) is 0 Å². The number of nitrogens with zero attached hydrogens (tertiary/aromatic N) is 2. The van der Waals surface area contributed by atoms with E-state index in [9.17, 15) is 4.79 Å². The number of amides is 1. The van der Waals surface area contributed by atoms with Gasteiger partial charge in [0.05, 0.1) is 6.04 Å². The fourth-order valence-corrected chi connectivity index (χ4v) is 1.40. The first-order valence-electron chi connectivity index (χ1n) is 4.53. The van der Waals surface area contributed by atoms with Crippen molar-refractivity contribution in [1.29, 1.82) is 0 Å². The summed E-state index contributed by atoms with van der Waals surface area (Å²) in [4.78, 5) is 14.3. The zero-order chi connectivity index (χ0) is 10.2. The molecule has 1 heterocycles. The highest BCUT2D eigenvalue weighted by atomic mass is 16.4. The summed E-state index contributed by atoms with van der Waals surface area (Å²) in [5.41, 5.74) is 0.163. The molecule has 0 atom stereocenters. The van der Waals surface area contributed by atoms with Crippen LogP contribution in [0.25, 0.3) is 0 Å². The fraction of sp³-hybridized carbons (Fsp3) is 0.889. The van der Waals surface area contributed by atoms with E-state index in [1.807, 2.05) is 0 Å². The lowest BCUT2D eigenvalue weighted by Gasteiger charge is -2.49. The van der Waals surface area contributed by atoms with Gasteiger partial charge in [0, 0.05) is 25.7 Å². The molecule has 0 saturated carbocycles. The molecule has 0 spiro atoms. The molecule has 13 heavy (non-hydrogen) atoms. The smallest absolute Gasteiger partial charge is 0.407 e. The minimum Gasteiger partial charge on any atom is -0.465 e. The molecule has 1 saturated heterocycles. The van der Waals surface area contributed by atoms with Crippen LogP contribution in [0.3, 0.4) is 0 Å². The average Bonchev–Trinajstić information content (AvgIpc) is 1.79. The summed E-state index contributed by atoms with van der Waals surface area (Å²) in [6, 6.07) is 0.178. The van der Waals surface area contributed by atoms with Gasteiger partial charge in [-0.15, -0.1) is 0 Å². The van der Waals surface area contributed by atoms with Crippen molar-refractivity contribution in [3.63, 3.8) is 0 Å². The highest BCUT2D eigenvalue weighted by Crippen LogP contribution is 2.23. The SMILES string of the molecule is CN(C(=O)O)C1CN(C(C)(C)C)C1. The standard InChI is InChI=1S/C9H18N2O2/c1-9(2,3)11-5-7(6-11)10(4)8(12)13/h7H,5-6H2,1-4H3,(H,12,13). The number of likely N-dealkylation sites (tertiary alicyclic amines) is 1. The van der Waals surface area contributed by atoms with Crippen molar-refractivity contribution in [2.45, 2.75) is 32.4 Å². The topological polar surface area (TPSA) is 43.8 Å². The third kappa shape index (κ3) is 2.12. The summed E-state index contributed by atoms with van der Waals surface area (Å²) in [7, 11) is 1.63. The van der Waals surface area contributed by atoms with Crippen LogP contribution in [0.1, 0.15) is 20.8 Å². The third-order valence-corrected chi connectivity index (χ3v) is 2.66. The van der Waals surface area contributed by atoms with E-state index in [-0.39, 0.29) is 11.6 Å². The second-order valence-electron chi connectivity index (χ2n) is 4.62. The van der Waals surface area contributed by atoms with E-state index in [1.165, 1.54) is 4.90 Å². The molecule has 4 heteroatoms. The van der Waals surface area contributed by atoms with Gasteiger partial charge >= 0.3 is 6.09 Å². The highest BCUT2D eigenvalue weighted by Gasteiger charge is 2.37. The van der Waals surface area contributed by atoms with Crippen LogP contribution in [0, 0.1) is 0 Å². The molecule has 1 aliphatic heterocycles. The van der Waals surface area contributed by atoms with E-state index in [0.717, 1.165) is 13.1 Å². The molecule has 1 fully saturated rings. The van der Waals surface area contributed by atoms with Gasteiger partial charge in [0.2, 0.25) is 0 Å².